The standard InChI is InChI=1S/C12H23NO/c1-9(2)11-8-13-6-4-12(11)5-7-14-10(12)3/h9-11,13H,4-8H2,1-3H3. The van der Waals surface area contributed by atoms with Crippen molar-refractivity contribution in [3.05, 3.63) is 0 Å². The Morgan fingerprint density at radius 2 is 2.14 bits per heavy atom. The normalized spacial score (nSPS) is 43.7. The zero-order valence-corrected chi connectivity index (χ0v) is 9.68. The van der Waals surface area contributed by atoms with Crippen LogP contribution < -0.4 is 5.32 Å². The monoisotopic (exact) mass is 197 g/mol. The summed E-state index contributed by atoms with van der Waals surface area (Å²) >= 11 is 0. The highest BCUT2D eigenvalue weighted by Crippen LogP contribution is 2.48. The van der Waals surface area contributed by atoms with Crippen LogP contribution >= 0.6 is 0 Å². The van der Waals surface area contributed by atoms with Crippen LogP contribution in [0.3, 0.4) is 0 Å². The van der Waals surface area contributed by atoms with Gasteiger partial charge in [-0.2, -0.15) is 0 Å². The van der Waals surface area contributed by atoms with Crippen LogP contribution in [0.15, 0.2) is 0 Å². The van der Waals surface area contributed by atoms with Gasteiger partial charge >= 0.3 is 0 Å². The van der Waals surface area contributed by atoms with Crippen molar-refractivity contribution in [2.75, 3.05) is 19.7 Å². The van der Waals surface area contributed by atoms with E-state index >= 15 is 0 Å². The summed E-state index contributed by atoms with van der Waals surface area (Å²) in [7, 11) is 0. The van der Waals surface area contributed by atoms with E-state index in [0.29, 0.717) is 11.5 Å². The zero-order chi connectivity index (χ0) is 10.2. The molecule has 0 aromatic rings. The lowest BCUT2D eigenvalue weighted by Crippen LogP contribution is -2.50. The molecule has 3 atom stereocenters. The Kier molecular flexibility index (Phi) is 2.85. The minimum atomic E-state index is 0.469. The molecule has 2 saturated heterocycles. The molecule has 0 radical (unpaired) electrons. The first-order chi connectivity index (χ1) is 6.67. The van der Waals surface area contributed by atoms with Gasteiger partial charge in [0.15, 0.2) is 0 Å². The van der Waals surface area contributed by atoms with Crippen molar-refractivity contribution >= 4 is 0 Å². The predicted molar refractivity (Wildman–Crippen MR) is 58.3 cm³/mol. The van der Waals surface area contributed by atoms with Gasteiger partial charge in [0.25, 0.3) is 0 Å². The zero-order valence-electron chi connectivity index (χ0n) is 9.68. The van der Waals surface area contributed by atoms with Crippen molar-refractivity contribution in [2.24, 2.45) is 17.3 Å². The number of rotatable bonds is 1. The van der Waals surface area contributed by atoms with Gasteiger partial charge in [0.1, 0.15) is 0 Å². The van der Waals surface area contributed by atoms with Gasteiger partial charge in [-0.05, 0) is 44.7 Å². The topological polar surface area (TPSA) is 21.3 Å². The van der Waals surface area contributed by atoms with Crippen LogP contribution in [0.4, 0.5) is 0 Å². The maximum Gasteiger partial charge on any atom is 0.0607 e. The summed E-state index contributed by atoms with van der Waals surface area (Å²) in [4.78, 5) is 0. The molecule has 2 aliphatic heterocycles. The van der Waals surface area contributed by atoms with E-state index in [2.05, 4.69) is 26.1 Å². The second kappa shape index (κ2) is 3.82. The smallest absolute Gasteiger partial charge is 0.0607 e. The van der Waals surface area contributed by atoms with Crippen LogP contribution in [-0.4, -0.2) is 25.8 Å². The SMILES string of the molecule is CC(C)C1CNCCC12CCOC2C. The van der Waals surface area contributed by atoms with E-state index in [-0.39, 0.29) is 0 Å². The van der Waals surface area contributed by atoms with Gasteiger partial charge in [0, 0.05) is 12.0 Å². The highest BCUT2D eigenvalue weighted by Gasteiger charge is 2.49. The minimum Gasteiger partial charge on any atom is -0.378 e. The highest BCUT2D eigenvalue weighted by atomic mass is 16.5. The van der Waals surface area contributed by atoms with E-state index in [1.807, 2.05) is 0 Å². The molecule has 0 saturated carbocycles. The molecule has 0 aromatic heterocycles. The van der Waals surface area contributed by atoms with Gasteiger partial charge in [-0.25, -0.2) is 0 Å². The van der Waals surface area contributed by atoms with E-state index in [1.54, 1.807) is 0 Å². The van der Waals surface area contributed by atoms with Crippen LogP contribution in [0.2, 0.25) is 0 Å². The molecule has 2 heterocycles. The number of hydrogen-bond donors (Lipinski definition) is 1. The van der Waals surface area contributed by atoms with E-state index in [1.165, 1.54) is 25.9 Å². The Labute approximate surface area is 87.4 Å². The number of nitrogens with one attached hydrogen (secondary N) is 1. The van der Waals surface area contributed by atoms with Crippen molar-refractivity contribution in [3.8, 4) is 0 Å². The molecule has 2 fully saturated rings. The lowest BCUT2D eigenvalue weighted by Gasteiger charge is -2.46. The molecule has 0 amide bonds. The molecule has 2 rings (SSSR count). The molecule has 1 N–H and O–H groups in total. The van der Waals surface area contributed by atoms with Crippen LogP contribution in [0.5, 0.6) is 0 Å². The summed E-state index contributed by atoms with van der Waals surface area (Å²) in [6, 6.07) is 0. The summed E-state index contributed by atoms with van der Waals surface area (Å²) in [6.07, 6.45) is 3.05. The lowest BCUT2D eigenvalue weighted by molar-refractivity contribution is -0.00776. The Hall–Kier alpha value is -0.0800. The quantitative estimate of drug-likeness (QED) is 0.694. The van der Waals surface area contributed by atoms with Crippen LogP contribution in [0, 0.1) is 17.3 Å². The maximum absolute atomic E-state index is 5.80. The fourth-order valence-electron chi connectivity index (χ4n) is 3.48. The Morgan fingerprint density at radius 3 is 2.71 bits per heavy atom. The second-order valence-electron chi connectivity index (χ2n) is 5.30. The summed E-state index contributed by atoms with van der Waals surface area (Å²) < 4.78 is 5.80. The molecule has 14 heavy (non-hydrogen) atoms. The second-order valence-corrected chi connectivity index (χ2v) is 5.30. The summed E-state index contributed by atoms with van der Waals surface area (Å²) in [5.41, 5.74) is 0.486. The highest BCUT2D eigenvalue weighted by molar-refractivity contribution is 4.99. The molecular weight excluding hydrogens is 174 g/mol. The van der Waals surface area contributed by atoms with Crippen molar-refractivity contribution in [2.45, 2.75) is 39.7 Å². The third-order valence-corrected chi connectivity index (χ3v) is 4.42. The molecular formula is C12H23NO. The molecule has 0 aromatic carbocycles. The van der Waals surface area contributed by atoms with Crippen molar-refractivity contribution in [3.63, 3.8) is 0 Å². The molecule has 82 valence electrons. The Balaban J connectivity index is 2.19. The third-order valence-electron chi connectivity index (χ3n) is 4.42. The van der Waals surface area contributed by atoms with Gasteiger partial charge in [-0.15, -0.1) is 0 Å². The average Bonchev–Trinajstić information content (AvgIpc) is 2.49. The molecule has 2 heteroatoms. The van der Waals surface area contributed by atoms with Crippen molar-refractivity contribution < 1.29 is 4.74 Å². The van der Waals surface area contributed by atoms with Gasteiger partial charge in [0.05, 0.1) is 6.10 Å². The molecule has 2 aliphatic rings. The van der Waals surface area contributed by atoms with Gasteiger partial charge < -0.3 is 10.1 Å². The summed E-state index contributed by atoms with van der Waals surface area (Å²) in [5.74, 6) is 1.57. The fraction of sp³-hybridized carbons (Fsp3) is 1.00. The van der Waals surface area contributed by atoms with Gasteiger partial charge in [-0.1, -0.05) is 13.8 Å². The molecule has 0 bridgehead atoms. The van der Waals surface area contributed by atoms with Crippen LogP contribution in [-0.2, 0) is 4.74 Å². The largest absolute Gasteiger partial charge is 0.378 e. The third kappa shape index (κ3) is 1.49. The van der Waals surface area contributed by atoms with E-state index in [9.17, 15) is 0 Å². The minimum absolute atomic E-state index is 0.469. The predicted octanol–water partition coefficient (Wildman–Crippen LogP) is 2.05. The lowest BCUT2D eigenvalue weighted by atomic mass is 9.63. The van der Waals surface area contributed by atoms with Crippen LogP contribution in [0.1, 0.15) is 33.6 Å². The van der Waals surface area contributed by atoms with Crippen molar-refractivity contribution in [1.29, 1.82) is 0 Å². The first kappa shape index (κ1) is 10.4. The maximum atomic E-state index is 5.80. The molecule has 3 unspecified atom stereocenters. The fourth-order valence-corrected chi connectivity index (χ4v) is 3.48. The molecule has 1 spiro atoms. The van der Waals surface area contributed by atoms with Crippen molar-refractivity contribution in [1.82, 2.24) is 5.32 Å². The van der Waals surface area contributed by atoms with E-state index in [4.69, 9.17) is 4.74 Å². The summed E-state index contributed by atoms with van der Waals surface area (Å²) in [6.45, 7) is 10.3. The average molecular weight is 197 g/mol. The molecule has 2 nitrogen and oxygen atoms in total. The van der Waals surface area contributed by atoms with Gasteiger partial charge in [0.2, 0.25) is 0 Å². The van der Waals surface area contributed by atoms with E-state index in [0.717, 1.165) is 18.4 Å². The number of hydrogen-bond acceptors (Lipinski definition) is 2. The van der Waals surface area contributed by atoms with E-state index < -0.39 is 0 Å². The summed E-state index contributed by atoms with van der Waals surface area (Å²) in [5, 5.41) is 3.53. The Morgan fingerprint density at radius 1 is 1.36 bits per heavy atom. The Bertz CT molecular complexity index is 204. The van der Waals surface area contributed by atoms with Gasteiger partial charge in [-0.3, -0.25) is 0 Å². The first-order valence-corrected chi connectivity index (χ1v) is 5.99. The molecule has 0 aliphatic carbocycles. The first-order valence-electron chi connectivity index (χ1n) is 5.99. The number of piperidine rings is 1. The number of ether oxygens (including phenoxy) is 1. The van der Waals surface area contributed by atoms with Crippen LogP contribution in [0.25, 0.3) is 0 Å².